The molecule has 2 atom stereocenters. The average molecular weight is 289 g/mol. The van der Waals surface area contributed by atoms with Gasteiger partial charge in [0.05, 0.1) is 12.9 Å². The predicted molar refractivity (Wildman–Crippen MR) is 81.9 cm³/mol. The van der Waals surface area contributed by atoms with Crippen LogP contribution < -0.4 is 0 Å². The maximum Gasteiger partial charge on any atom is 0.225 e. The summed E-state index contributed by atoms with van der Waals surface area (Å²) < 4.78 is 5.30. The van der Waals surface area contributed by atoms with Crippen LogP contribution in [0.4, 0.5) is 0 Å². The summed E-state index contributed by atoms with van der Waals surface area (Å²) in [4.78, 5) is 14.1. The first kappa shape index (κ1) is 15.4. The van der Waals surface area contributed by atoms with Crippen molar-refractivity contribution in [3.63, 3.8) is 0 Å². The Morgan fingerprint density at radius 2 is 2.05 bits per heavy atom. The number of phenolic OH excluding ortho intramolecular Hbond substituents is 1. The Labute approximate surface area is 126 Å². The van der Waals surface area contributed by atoms with Crippen molar-refractivity contribution >= 4 is 5.91 Å². The zero-order valence-electron chi connectivity index (χ0n) is 12.9. The highest BCUT2D eigenvalue weighted by molar-refractivity contribution is 5.78. The van der Waals surface area contributed by atoms with E-state index in [-0.39, 0.29) is 29.4 Å². The van der Waals surface area contributed by atoms with E-state index in [0.29, 0.717) is 18.8 Å². The van der Waals surface area contributed by atoms with Crippen molar-refractivity contribution in [3.8, 4) is 5.75 Å². The number of aromatic hydroxyl groups is 1. The van der Waals surface area contributed by atoms with Crippen molar-refractivity contribution < 1.29 is 14.6 Å². The van der Waals surface area contributed by atoms with Gasteiger partial charge in [0.1, 0.15) is 5.75 Å². The molecule has 4 nitrogen and oxygen atoms in total. The second-order valence-corrected chi connectivity index (χ2v) is 5.84. The molecule has 1 saturated heterocycles. The van der Waals surface area contributed by atoms with E-state index in [1.165, 1.54) is 0 Å². The second kappa shape index (κ2) is 6.20. The molecule has 0 spiro atoms. The summed E-state index contributed by atoms with van der Waals surface area (Å²) in [5.41, 5.74) is 0.847. The number of carbonyl (C=O) groups excluding carboxylic acids is 1. The molecule has 4 heteroatoms. The van der Waals surface area contributed by atoms with Crippen LogP contribution >= 0.6 is 0 Å². The molecule has 1 N–H and O–H groups in total. The standard InChI is InChI=1S/C17H23NO3/c1-11(2)17(20)18-9-14(12(3)21-4)15(10-18)13-7-5-6-8-16(13)19/h5-8,11,14-15,19H,3,9-10H2,1-2,4H3/t14-,15-/m0/s1. The fourth-order valence-electron chi connectivity index (χ4n) is 2.94. The highest BCUT2D eigenvalue weighted by Crippen LogP contribution is 2.40. The van der Waals surface area contributed by atoms with Crippen LogP contribution in [0, 0.1) is 11.8 Å². The predicted octanol–water partition coefficient (Wildman–Crippen LogP) is 2.75. The van der Waals surface area contributed by atoms with Crippen LogP contribution in [0.5, 0.6) is 5.75 Å². The van der Waals surface area contributed by atoms with Crippen molar-refractivity contribution in [1.82, 2.24) is 4.90 Å². The topological polar surface area (TPSA) is 49.8 Å². The molecule has 0 aliphatic carbocycles. The Hall–Kier alpha value is -1.97. The molecule has 0 saturated carbocycles. The first-order valence-electron chi connectivity index (χ1n) is 7.25. The van der Waals surface area contributed by atoms with Crippen molar-refractivity contribution in [2.45, 2.75) is 19.8 Å². The van der Waals surface area contributed by atoms with Crippen LogP contribution in [-0.4, -0.2) is 36.1 Å². The monoisotopic (exact) mass is 289 g/mol. The molecule has 2 rings (SSSR count). The number of ether oxygens (including phenoxy) is 1. The van der Waals surface area contributed by atoms with E-state index >= 15 is 0 Å². The SMILES string of the molecule is C=C(OC)[C@@H]1CN(C(=O)C(C)C)C[C@H]1c1ccccc1O. The van der Waals surface area contributed by atoms with E-state index < -0.39 is 0 Å². The van der Waals surface area contributed by atoms with Gasteiger partial charge in [-0.3, -0.25) is 4.79 Å². The van der Waals surface area contributed by atoms with Gasteiger partial charge in [0.2, 0.25) is 5.91 Å². The summed E-state index contributed by atoms with van der Waals surface area (Å²) in [6.07, 6.45) is 0. The molecule has 1 aliphatic rings. The highest BCUT2D eigenvalue weighted by atomic mass is 16.5. The lowest BCUT2D eigenvalue weighted by molar-refractivity contribution is -0.133. The molecule has 1 aromatic rings. The first-order valence-corrected chi connectivity index (χ1v) is 7.25. The molecule has 21 heavy (non-hydrogen) atoms. The zero-order valence-corrected chi connectivity index (χ0v) is 12.9. The molecule has 0 aromatic heterocycles. The van der Waals surface area contributed by atoms with Crippen LogP contribution in [0.1, 0.15) is 25.3 Å². The van der Waals surface area contributed by atoms with Gasteiger partial charge in [-0.15, -0.1) is 0 Å². The fourth-order valence-corrected chi connectivity index (χ4v) is 2.94. The van der Waals surface area contributed by atoms with Gasteiger partial charge < -0.3 is 14.7 Å². The van der Waals surface area contributed by atoms with Gasteiger partial charge in [0, 0.05) is 30.8 Å². The Balaban J connectivity index is 2.31. The maximum atomic E-state index is 12.3. The van der Waals surface area contributed by atoms with Crippen LogP contribution in [-0.2, 0) is 9.53 Å². The minimum atomic E-state index is -0.0374. The Bertz CT molecular complexity index is 539. The van der Waals surface area contributed by atoms with Crippen molar-refractivity contribution in [2.24, 2.45) is 11.8 Å². The van der Waals surface area contributed by atoms with E-state index in [1.807, 2.05) is 30.9 Å². The van der Waals surface area contributed by atoms with Gasteiger partial charge in [-0.25, -0.2) is 0 Å². The minimum Gasteiger partial charge on any atom is -0.508 e. The van der Waals surface area contributed by atoms with E-state index in [1.54, 1.807) is 19.2 Å². The number of hydrogen-bond acceptors (Lipinski definition) is 3. The summed E-state index contributed by atoms with van der Waals surface area (Å²) >= 11 is 0. The molecular weight excluding hydrogens is 266 g/mol. The number of carbonyl (C=O) groups is 1. The van der Waals surface area contributed by atoms with E-state index in [0.717, 1.165) is 5.56 Å². The molecule has 0 unspecified atom stereocenters. The highest BCUT2D eigenvalue weighted by Gasteiger charge is 2.39. The van der Waals surface area contributed by atoms with Gasteiger partial charge in [-0.05, 0) is 11.6 Å². The smallest absolute Gasteiger partial charge is 0.225 e. The minimum absolute atomic E-state index is 0.00556. The molecule has 1 heterocycles. The Morgan fingerprint density at radius 3 is 2.62 bits per heavy atom. The largest absolute Gasteiger partial charge is 0.508 e. The van der Waals surface area contributed by atoms with Crippen LogP contribution in [0.2, 0.25) is 0 Å². The number of benzene rings is 1. The normalized spacial score (nSPS) is 21.6. The Morgan fingerprint density at radius 1 is 1.38 bits per heavy atom. The molecule has 0 radical (unpaired) electrons. The summed E-state index contributed by atoms with van der Waals surface area (Å²) in [5.74, 6) is 1.02. The molecule has 1 aromatic carbocycles. The summed E-state index contributed by atoms with van der Waals surface area (Å²) in [6, 6.07) is 7.27. The zero-order chi connectivity index (χ0) is 15.6. The number of amides is 1. The number of hydrogen-bond donors (Lipinski definition) is 1. The van der Waals surface area contributed by atoms with Gasteiger partial charge in [0.25, 0.3) is 0 Å². The first-order chi connectivity index (χ1) is 9.95. The number of phenols is 1. The molecular formula is C17H23NO3. The molecule has 1 fully saturated rings. The summed E-state index contributed by atoms with van der Waals surface area (Å²) in [5, 5.41) is 10.1. The van der Waals surface area contributed by atoms with Crippen LogP contribution in [0.3, 0.4) is 0 Å². The number of nitrogens with zero attached hydrogens (tertiary/aromatic N) is 1. The number of rotatable bonds is 4. The lowest BCUT2D eigenvalue weighted by Crippen LogP contribution is -2.32. The third-order valence-corrected chi connectivity index (χ3v) is 4.14. The maximum absolute atomic E-state index is 12.3. The summed E-state index contributed by atoms with van der Waals surface area (Å²) in [6.45, 7) is 8.93. The third kappa shape index (κ3) is 3.04. The third-order valence-electron chi connectivity index (χ3n) is 4.14. The Kier molecular flexibility index (Phi) is 4.56. The number of methoxy groups -OCH3 is 1. The summed E-state index contributed by atoms with van der Waals surface area (Å²) in [7, 11) is 1.59. The fraction of sp³-hybridized carbons (Fsp3) is 0.471. The van der Waals surface area contributed by atoms with Crippen LogP contribution in [0.25, 0.3) is 0 Å². The van der Waals surface area contributed by atoms with Gasteiger partial charge >= 0.3 is 0 Å². The van der Waals surface area contributed by atoms with Crippen molar-refractivity contribution in [3.05, 3.63) is 42.2 Å². The molecule has 0 bridgehead atoms. The quantitative estimate of drug-likeness (QED) is 0.867. The van der Waals surface area contributed by atoms with Gasteiger partial charge in [-0.1, -0.05) is 38.6 Å². The molecule has 1 aliphatic heterocycles. The van der Waals surface area contributed by atoms with Gasteiger partial charge in [-0.2, -0.15) is 0 Å². The van der Waals surface area contributed by atoms with Crippen molar-refractivity contribution in [1.29, 1.82) is 0 Å². The van der Waals surface area contributed by atoms with E-state index in [4.69, 9.17) is 4.74 Å². The second-order valence-electron chi connectivity index (χ2n) is 5.84. The lowest BCUT2D eigenvalue weighted by Gasteiger charge is -2.20. The van der Waals surface area contributed by atoms with Gasteiger partial charge in [0.15, 0.2) is 0 Å². The molecule has 1 amide bonds. The molecule has 114 valence electrons. The van der Waals surface area contributed by atoms with Crippen molar-refractivity contribution in [2.75, 3.05) is 20.2 Å². The van der Waals surface area contributed by atoms with E-state index in [9.17, 15) is 9.90 Å². The lowest BCUT2D eigenvalue weighted by atomic mass is 9.87. The average Bonchev–Trinajstić information content (AvgIpc) is 2.90. The van der Waals surface area contributed by atoms with E-state index in [2.05, 4.69) is 6.58 Å². The number of likely N-dealkylation sites (tertiary alicyclic amines) is 1. The van der Waals surface area contributed by atoms with Crippen LogP contribution in [0.15, 0.2) is 36.6 Å². The number of para-hydroxylation sites is 1.